The van der Waals surface area contributed by atoms with Gasteiger partial charge in [-0.05, 0) is 19.3 Å². The van der Waals surface area contributed by atoms with Crippen LogP contribution in [0.5, 0.6) is 0 Å². The van der Waals surface area contributed by atoms with Crippen LogP contribution in [0.15, 0.2) is 11.1 Å². The van der Waals surface area contributed by atoms with E-state index in [0.717, 1.165) is 12.8 Å². The Morgan fingerprint density at radius 3 is 2.90 bits per heavy atom. The number of aliphatic hydroxyl groups is 2. The molecule has 0 amide bonds. The highest BCUT2D eigenvalue weighted by molar-refractivity contribution is 5.89. The van der Waals surface area contributed by atoms with Gasteiger partial charge in [-0.1, -0.05) is 13.8 Å². The number of hydrogen-bond acceptors (Lipinski definition) is 10. The van der Waals surface area contributed by atoms with Crippen molar-refractivity contribution in [3.8, 4) is 0 Å². The van der Waals surface area contributed by atoms with Crippen LogP contribution in [0.4, 0.5) is 5.95 Å². The number of ether oxygens (including phenoxy) is 3. The molecule has 5 atom stereocenters. The molecule has 0 spiro atoms. The number of anilines is 1. The van der Waals surface area contributed by atoms with Crippen molar-refractivity contribution < 1.29 is 29.2 Å². The first-order chi connectivity index (χ1) is 14.8. The Kier molecular flexibility index (Phi) is 5.83. The van der Waals surface area contributed by atoms with Crippen molar-refractivity contribution in [3.63, 3.8) is 0 Å². The topological polar surface area (TPSA) is 175 Å². The zero-order valence-corrected chi connectivity index (χ0v) is 17.4. The Morgan fingerprint density at radius 1 is 1.48 bits per heavy atom. The predicted octanol–water partition coefficient (Wildman–Crippen LogP) is -0.756. The lowest BCUT2D eigenvalue weighted by atomic mass is 9.91. The number of ketones is 1. The summed E-state index contributed by atoms with van der Waals surface area (Å²) in [5, 5.41) is 20.8. The number of H-pyrrole nitrogens is 1. The van der Waals surface area contributed by atoms with E-state index in [2.05, 4.69) is 15.0 Å². The van der Waals surface area contributed by atoms with Crippen LogP contribution in [0.25, 0.3) is 11.2 Å². The predicted molar refractivity (Wildman–Crippen MR) is 107 cm³/mol. The van der Waals surface area contributed by atoms with E-state index in [0.29, 0.717) is 13.0 Å². The van der Waals surface area contributed by atoms with E-state index >= 15 is 0 Å². The lowest BCUT2D eigenvalue weighted by Crippen LogP contribution is -2.55. The fraction of sp³-hybridized carbons (Fsp3) is 0.684. The number of aromatic amines is 1. The lowest BCUT2D eigenvalue weighted by Gasteiger charge is -2.37. The Bertz CT molecular complexity index is 1010. The number of rotatable bonds is 6. The minimum atomic E-state index is -1.94. The number of nitrogen functional groups attached to an aromatic ring is 1. The molecule has 0 radical (unpaired) electrons. The van der Waals surface area contributed by atoms with Gasteiger partial charge in [-0.25, -0.2) is 4.98 Å². The Hall–Kier alpha value is -2.38. The molecule has 2 aliphatic heterocycles. The van der Waals surface area contributed by atoms with Crippen LogP contribution in [-0.4, -0.2) is 73.3 Å². The second-order valence-electron chi connectivity index (χ2n) is 8.14. The van der Waals surface area contributed by atoms with E-state index in [1.54, 1.807) is 13.8 Å². The Labute approximate surface area is 177 Å². The van der Waals surface area contributed by atoms with Crippen molar-refractivity contribution >= 4 is 22.9 Å². The molecule has 4 rings (SSSR count). The first-order valence-corrected chi connectivity index (χ1v) is 10.3. The number of carbonyl (C=O) groups is 1. The van der Waals surface area contributed by atoms with Gasteiger partial charge in [0.15, 0.2) is 23.2 Å². The molecule has 0 saturated carbocycles. The van der Waals surface area contributed by atoms with E-state index in [4.69, 9.17) is 19.9 Å². The molecule has 2 aliphatic rings. The van der Waals surface area contributed by atoms with Gasteiger partial charge < -0.3 is 30.2 Å². The van der Waals surface area contributed by atoms with E-state index in [1.807, 2.05) is 0 Å². The van der Waals surface area contributed by atoms with Gasteiger partial charge in [-0.3, -0.25) is 19.1 Å². The minimum absolute atomic E-state index is 0.000739. The van der Waals surface area contributed by atoms with Crippen molar-refractivity contribution in [2.75, 3.05) is 18.9 Å². The van der Waals surface area contributed by atoms with Crippen molar-refractivity contribution in [3.05, 3.63) is 16.7 Å². The summed E-state index contributed by atoms with van der Waals surface area (Å²) in [6, 6.07) is 0. The summed E-state index contributed by atoms with van der Waals surface area (Å²) in [4.78, 5) is 36.5. The second-order valence-corrected chi connectivity index (χ2v) is 8.14. The van der Waals surface area contributed by atoms with Crippen LogP contribution >= 0.6 is 0 Å². The van der Waals surface area contributed by atoms with E-state index in [9.17, 15) is 19.8 Å². The number of hydrogen-bond donors (Lipinski definition) is 4. The average Bonchev–Trinajstić information content (AvgIpc) is 3.29. The number of nitrogens with one attached hydrogen (secondary N) is 1. The number of carbonyl (C=O) groups excluding carboxylic acids is 1. The minimum Gasteiger partial charge on any atom is -0.394 e. The maximum absolute atomic E-state index is 13.6. The molecule has 2 aromatic rings. The van der Waals surface area contributed by atoms with Crippen LogP contribution in [0, 0.1) is 5.92 Å². The van der Waals surface area contributed by atoms with Crippen LogP contribution < -0.4 is 11.3 Å². The molecule has 5 N–H and O–H groups in total. The van der Waals surface area contributed by atoms with Crippen LogP contribution in [0.2, 0.25) is 0 Å². The first kappa shape index (κ1) is 21.8. The van der Waals surface area contributed by atoms with E-state index < -0.39 is 54.2 Å². The molecule has 4 heterocycles. The maximum atomic E-state index is 13.6. The van der Waals surface area contributed by atoms with Crippen LogP contribution in [-0.2, 0) is 24.7 Å². The smallest absolute Gasteiger partial charge is 0.280 e. The molecule has 12 heteroatoms. The highest BCUT2D eigenvalue weighted by Crippen LogP contribution is 2.42. The molecule has 1 unspecified atom stereocenters. The van der Waals surface area contributed by atoms with Crippen LogP contribution in [0.3, 0.4) is 0 Å². The van der Waals surface area contributed by atoms with Gasteiger partial charge in [-0.2, -0.15) is 4.98 Å². The molecular formula is C19H27N5O7. The molecule has 170 valence electrons. The molecule has 0 aromatic carbocycles. The summed E-state index contributed by atoms with van der Waals surface area (Å²) < 4.78 is 19.0. The van der Waals surface area contributed by atoms with Gasteiger partial charge in [0.2, 0.25) is 11.7 Å². The summed E-state index contributed by atoms with van der Waals surface area (Å²) in [7, 11) is 0. The Morgan fingerprint density at radius 2 is 2.26 bits per heavy atom. The third-order valence-corrected chi connectivity index (χ3v) is 5.68. The fourth-order valence-electron chi connectivity index (χ4n) is 4.19. The molecule has 0 aliphatic carbocycles. The highest BCUT2D eigenvalue weighted by Gasteiger charge is 2.63. The van der Waals surface area contributed by atoms with Gasteiger partial charge in [0.1, 0.15) is 24.6 Å². The van der Waals surface area contributed by atoms with Gasteiger partial charge in [0.05, 0.1) is 6.61 Å². The quantitative estimate of drug-likeness (QED) is 0.450. The van der Waals surface area contributed by atoms with Gasteiger partial charge in [0.25, 0.3) is 5.56 Å². The van der Waals surface area contributed by atoms with Gasteiger partial charge in [0, 0.05) is 12.5 Å². The number of aromatic nitrogens is 4. The molecule has 2 aromatic heterocycles. The second kappa shape index (κ2) is 8.28. The number of imidazole rings is 1. The summed E-state index contributed by atoms with van der Waals surface area (Å²) in [5.41, 5.74) is 3.14. The number of nitrogens with two attached hydrogens (primary N) is 1. The number of Topliss-reactive ketones (excluding diaryl/α,β-unsaturated/α-hetero) is 1. The van der Waals surface area contributed by atoms with Gasteiger partial charge in [-0.15, -0.1) is 0 Å². The van der Waals surface area contributed by atoms with Crippen molar-refractivity contribution in [2.45, 2.75) is 63.4 Å². The third kappa shape index (κ3) is 3.53. The van der Waals surface area contributed by atoms with E-state index in [-0.39, 0.29) is 17.1 Å². The average molecular weight is 437 g/mol. The summed E-state index contributed by atoms with van der Waals surface area (Å²) in [6.45, 7) is 3.29. The normalized spacial score (nSPS) is 31.5. The fourth-order valence-corrected chi connectivity index (χ4v) is 4.19. The summed E-state index contributed by atoms with van der Waals surface area (Å²) in [5.74, 6) is -1.17. The zero-order chi connectivity index (χ0) is 22.3. The molecule has 2 fully saturated rings. The maximum Gasteiger partial charge on any atom is 0.280 e. The summed E-state index contributed by atoms with van der Waals surface area (Å²) >= 11 is 0. The van der Waals surface area contributed by atoms with E-state index in [1.165, 1.54) is 10.9 Å². The number of fused-ring (bicyclic) bond motifs is 1. The number of aliphatic hydroxyl groups excluding tert-OH is 2. The largest absolute Gasteiger partial charge is 0.394 e. The summed E-state index contributed by atoms with van der Waals surface area (Å²) in [6.07, 6.45) is -0.817. The lowest BCUT2D eigenvalue weighted by molar-refractivity contribution is -0.238. The highest BCUT2D eigenvalue weighted by atomic mass is 16.7. The van der Waals surface area contributed by atoms with Gasteiger partial charge >= 0.3 is 0 Å². The first-order valence-electron chi connectivity index (χ1n) is 10.3. The van der Waals surface area contributed by atoms with Crippen molar-refractivity contribution in [1.29, 1.82) is 0 Å². The Balaban J connectivity index is 1.91. The van der Waals surface area contributed by atoms with Crippen molar-refractivity contribution in [1.82, 2.24) is 19.5 Å². The molecule has 0 bridgehead atoms. The molecule has 31 heavy (non-hydrogen) atoms. The molecule has 2 saturated heterocycles. The molecule has 12 nitrogen and oxygen atoms in total. The zero-order valence-electron chi connectivity index (χ0n) is 17.4. The molecular weight excluding hydrogens is 410 g/mol. The van der Waals surface area contributed by atoms with Crippen molar-refractivity contribution in [2.24, 2.45) is 5.92 Å². The number of nitrogens with zero attached hydrogens (tertiary/aromatic N) is 3. The monoisotopic (exact) mass is 437 g/mol. The van der Waals surface area contributed by atoms with Crippen LogP contribution in [0.1, 0.15) is 33.1 Å². The third-order valence-electron chi connectivity index (χ3n) is 5.68. The standard InChI is InChI=1S/C19H27N5O7/c1-9(2)14(27)19(24-8-21-12-16(24)22-18(20)23-17(12)28)15(13(26)10(7-25)31-19)30-11-5-3-4-6-29-11/h8-11,13,15,25-26H,3-7H2,1-2H3,(H3,20,22,23,28)/t10-,11?,13-,15-,19-/m1/s1. The SMILES string of the molecule is CC(C)C(=O)[C@@]1(n2cnc3c(=O)[nH]c(N)nc32)O[C@H](CO)[C@@H](O)[C@H]1OC1CCCCO1.